The van der Waals surface area contributed by atoms with E-state index in [-0.39, 0.29) is 12.2 Å². The van der Waals surface area contributed by atoms with Gasteiger partial charge in [-0.05, 0) is 6.92 Å². The van der Waals surface area contributed by atoms with Crippen LogP contribution in [0.2, 0.25) is 0 Å². The van der Waals surface area contributed by atoms with Gasteiger partial charge in [0.15, 0.2) is 0 Å². The lowest BCUT2D eigenvalue weighted by molar-refractivity contribution is 0.298. The van der Waals surface area contributed by atoms with Crippen LogP contribution < -0.4 is 5.56 Å². The summed E-state index contributed by atoms with van der Waals surface area (Å²) in [5.41, 5.74) is 1.05. The SMILES string of the molecule is Cc1c(CCO)c(=O)[nH]c2ncnn12. The molecule has 2 aromatic heterocycles. The average molecular weight is 194 g/mol. The van der Waals surface area contributed by atoms with Crippen molar-refractivity contribution in [2.75, 3.05) is 6.61 Å². The lowest BCUT2D eigenvalue weighted by atomic mass is 10.2. The van der Waals surface area contributed by atoms with Crippen molar-refractivity contribution in [2.24, 2.45) is 0 Å². The minimum atomic E-state index is -0.211. The highest BCUT2D eigenvalue weighted by atomic mass is 16.3. The normalized spacial score (nSPS) is 11.0. The molecule has 0 aliphatic heterocycles. The van der Waals surface area contributed by atoms with Crippen molar-refractivity contribution in [3.8, 4) is 0 Å². The Hall–Kier alpha value is -1.69. The highest BCUT2D eigenvalue weighted by Crippen LogP contribution is 2.03. The van der Waals surface area contributed by atoms with Gasteiger partial charge in [-0.3, -0.25) is 9.78 Å². The molecule has 14 heavy (non-hydrogen) atoms. The van der Waals surface area contributed by atoms with Gasteiger partial charge in [-0.2, -0.15) is 10.1 Å². The average Bonchev–Trinajstić information content (AvgIpc) is 2.60. The van der Waals surface area contributed by atoms with Crippen LogP contribution in [0.1, 0.15) is 11.3 Å². The zero-order chi connectivity index (χ0) is 10.1. The molecule has 74 valence electrons. The monoisotopic (exact) mass is 194 g/mol. The highest BCUT2D eigenvalue weighted by Gasteiger charge is 2.09. The van der Waals surface area contributed by atoms with Gasteiger partial charge in [0.05, 0.1) is 5.69 Å². The third-order valence-corrected chi connectivity index (χ3v) is 2.16. The number of aliphatic hydroxyl groups is 1. The molecule has 0 amide bonds. The van der Waals surface area contributed by atoms with Crippen LogP contribution in [0.3, 0.4) is 0 Å². The molecular formula is C8H10N4O2. The number of aromatic nitrogens is 4. The van der Waals surface area contributed by atoms with Crippen molar-refractivity contribution in [1.82, 2.24) is 19.6 Å². The van der Waals surface area contributed by atoms with Crippen molar-refractivity contribution >= 4 is 5.78 Å². The fraction of sp³-hybridized carbons (Fsp3) is 0.375. The van der Waals surface area contributed by atoms with Crippen molar-refractivity contribution in [3.63, 3.8) is 0 Å². The maximum absolute atomic E-state index is 11.5. The summed E-state index contributed by atoms with van der Waals surface area (Å²) in [6.45, 7) is 1.73. The standard InChI is InChI=1S/C8H10N4O2/c1-5-6(2-3-13)7(14)11-8-9-4-10-12(5)8/h4,13H,2-3H2,1H3,(H,9,10,11,14). The second kappa shape index (κ2) is 3.22. The number of aromatic amines is 1. The molecule has 0 unspecified atom stereocenters. The molecule has 2 heterocycles. The summed E-state index contributed by atoms with van der Waals surface area (Å²) in [5.74, 6) is 0.425. The zero-order valence-electron chi connectivity index (χ0n) is 7.69. The van der Waals surface area contributed by atoms with Crippen molar-refractivity contribution in [1.29, 1.82) is 0 Å². The van der Waals surface area contributed by atoms with Crippen LogP contribution in [0, 0.1) is 6.92 Å². The number of hydrogen-bond donors (Lipinski definition) is 2. The molecule has 2 aromatic rings. The van der Waals surface area contributed by atoms with E-state index in [1.807, 2.05) is 0 Å². The lowest BCUT2D eigenvalue weighted by Crippen LogP contribution is -2.19. The molecule has 0 spiro atoms. The molecule has 0 bridgehead atoms. The van der Waals surface area contributed by atoms with Gasteiger partial charge in [-0.1, -0.05) is 0 Å². The topological polar surface area (TPSA) is 83.3 Å². The van der Waals surface area contributed by atoms with Gasteiger partial charge in [-0.15, -0.1) is 0 Å². The molecule has 2 rings (SSSR count). The van der Waals surface area contributed by atoms with Crippen molar-refractivity contribution < 1.29 is 5.11 Å². The number of aryl methyl sites for hydroxylation is 1. The summed E-state index contributed by atoms with van der Waals surface area (Å²) in [4.78, 5) is 18.0. The van der Waals surface area contributed by atoms with Crippen LogP contribution in [0.5, 0.6) is 0 Å². The molecule has 6 heteroatoms. The minimum Gasteiger partial charge on any atom is -0.396 e. The summed E-state index contributed by atoms with van der Waals surface area (Å²) >= 11 is 0. The quantitative estimate of drug-likeness (QED) is 0.659. The third kappa shape index (κ3) is 1.20. The van der Waals surface area contributed by atoms with Gasteiger partial charge >= 0.3 is 0 Å². The van der Waals surface area contributed by atoms with Crippen LogP contribution in [0.15, 0.2) is 11.1 Å². The maximum atomic E-state index is 11.5. The van der Waals surface area contributed by atoms with E-state index in [1.165, 1.54) is 6.33 Å². The Bertz CT molecular complexity index is 514. The summed E-state index contributed by atoms with van der Waals surface area (Å²) in [7, 11) is 0. The summed E-state index contributed by atoms with van der Waals surface area (Å²) < 4.78 is 1.55. The Morgan fingerprint density at radius 2 is 2.43 bits per heavy atom. The Kier molecular flexibility index (Phi) is 2.05. The van der Waals surface area contributed by atoms with Gasteiger partial charge < -0.3 is 5.11 Å². The second-order valence-electron chi connectivity index (χ2n) is 2.99. The predicted molar refractivity (Wildman–Crippen MR) is 49.1 cm³/mol. The van der Waals surface area contributed by atoms with Gasteiger partial charge in [0.1, 0.15) is 6.33 Å². The van der Waals surface area contributed by atoms with Crippen LogP contribution in [0.25, 0.3) is 5.78 Å². The first kappa shape index (κ1) is 8.89. The number of nitrogens with one attached hydrogen (secondary N) is 1. The van der Waals surface area contributed by atoms with Crippen LogP contribution in [0.4, 0.5) is 0 Å². The largest absolute Gasteiger partial charge is 0.396 e. The van der Waals surface area contributed by atoms with E-state index in [4.69, 9.17) is 5.11 Å². The van der Waals surface area contributed by atoms with Crippen LogP contribution >= 0.6 is 0 Å². The van der Waals surface area contributed by atoms with Crippen molar-refractivity contribution in [3.05, 3.63) is 27.9 Å². The van der Waals surface area contributed by atoms with Crippen LogP contribution in [-0.2, 0) is 6.42 Å². The predicted octanol–water partition coefficient (Wildman–Crippen LogP) is -0.739. The first-order valence-corrected chi connectivity index (χ1v) is 4.26. The van der Waals surface area contributed by atoms with E-state index in [9.17, 15) is 4.79 Å². The van der Waals surface area contributed by atoms with E-state index >= 15 is 0 Å². The van der Waals surface area contributed by atoms with E-state index in [0.29, 0.717) is 17.8 Å². The Morgan fingerprint density at radius 3 is 3.14 bits per heavy atom. The Balaban J connectivity index is 2.75. The number of H-pyrrole nitrogens is 1. The molecule has 0 radical (unpaired) electrons. The number of hydrogen-bond acceptors (Lipinski definition) is 4. The maximum Gasteiger partial charge on any atom is 0.255 e. The van der Waals surface area contributed by atoms with E-state index in [1.54, 1.807) is 11.4 Å². The molecule has 0 aliphatic carbocycles. The molecule has 0 aromatic carbocycles. The summed E-state index contributed by atoms with van der Waals surface area (Å²) in [6, 6.07) is 0. The molecular weight excluding hydrogens is 184 g/mol. The van der Waals surface area contributed by atoms with Gasteiger partial charge in [0.25, 0.3) is 5.56 Å². The first-order chi connectivity index (χ1) is 6.74. The minimum absolute atomic E-state index is 0.0515. The summed E-state index contributed by atoms with van der Waals surface area (Å²) in [6.07, 6.45) is 1.71. The van der Waals surface area contributed by atoms with E-state index < -0.39 is 0 Å². The number of fused-ring (bicyclic) bond motifs is 1. The fourth-order valence-corrected chi connectivity index (χ4v) is 1.45. The van der Waals surface area contributed by atoms with Crippen molar-refractivity contribution in [2.45, 2.75) is 13.3 Å². The van der Waals surface area contributed by atoms with Gasteiger partial charge in [-0.25, -0.2) is 4.52 Å². The second-order valence-corrected chi connectivity index (χ2v) is 2.99. The van der Waals surface area contributed by atoms with Gasteiger partial charge in [0, 0.05) is 18.6 Å². The Morgan fingerprint density at radius 1 is 1.64 bits per heavy atom. The molecule has 0 saturated carbocycles. The Labute approximate surface area is 79.2 Å². The highest BCUT2D eigenvalue weighted by molar-refractivity contribution is 5.31. The van der Waals surface area contributed by atoms with Gasteiger partial charge in [0.2, 0.25) is 5.78 Å². The fourth-order valence-electron chi connectivity index (χ4n) is 1.45. The molecule has 0 fully saturated rings. The zero-order valence-corrected chi connectivity index (χ0v) is 7.69. The number of aliphatic hydroxyl groups excluding tert-OH is 1. The first-order valence-electron chi connectivity index (χ1n) is 4.26. The molecule has 0 atom stereocenters. The number of nitrogens with zero attached hydrogens (tertiary/aromatic N) is 3. The molecule has 2 N–H and O–H groups in total. The smallest absolute Gasteiger partial charge is 0.255 e. The summed E-state index contributed by atoms with van der Waals surface area (Å²) in [5, 5.41) is 12.7. The molecule has 0 aliphatic rings. The lowest BCUT2D eigenvalue weighted by Gasteiger charge is -2.03. The number of rotatable bonds is 2. The van der Waals surface area contributed by atoms with E-state index in [0.717, 1.165) is 5.69 Å². The molecule has 6 nitrogen and oxygen atoms in total. The van der Waals surface area contributed by atoms with E-state index in [2.05, 4.69) is 15.1 Å². The third-order valence-electron chi connectivity index (χ3n) is 2.16. The molecule has 0 saturated heterocycles. The van der Waals surface area contributed by atoms with Crippen LogP contribution in [-0.4, -0.2) is 31.3 Å².